The number of anilines is 1. The molecule has 3 saturated heterocycles. The summed E-state index contributed by atoms with van der Waals surface area (Å²) >= 11 is 0. The van der Waals surface area contributed by atoms with Gasteiger partial charge in [-0.05, 0) is 49.1 Å². The number of rotatable bonds is 1. The molecule has 27 heavy (non-hydrogen) atoms. The average Bonchev–Trinajstić information content (AvgIpc) is 3.15. The third-order valence-corrected chi connectivity index (χ3v) is 8.52. The lowest BCUT2D eigenvalue weighted by Crippen LogP contribution is -2.69. The standard InChI is InChI=1S/C22H24N2O3/c1-26-13-2-3-16-15(8-13)22-5-6-23-11-12-4-7-27-17-10-19(25)24(16)21(22)20(17)14(12)9-18(22)23/h2-4,8,14,17-18,20-21H,5-7,9-11H2,1H3/t14-,17-,18-,20?,21-,22+/m0/s1. The maximum Gasteiger partial charge on any atom is 0.229 e. The lowest BCUT2D eigenvalue weighted by atomic mass is 9.53. The van der Waals surface area contributed by atoms with Gasteiger partial charge in [0.05, 0.1) is 32.3 Å². The molecule has 1 saturated carbocycles. The number of hydrogen-bond acceptors (Lipinski definition) is 4. The first kappa shape index (κ1) is 15.1. The van der Waals surface area contributed by atoms with E-state index in [-0.39, 0.29) is 23.5 Å². The molecule has 5 heterocycles. The zero-order valence-corrected chi connectivity index (χ0v) is 15.6. The summed E-state index contributed by atoms with van der Waals surface area (Å²) in [6.07, 6.45) is 5.26. The van der Waals surface area contributed by atoms with Crippen LogP contribution in [0.4, 0.5) is 5.69 Å². The van der Waals surface area contributed by atoms with Crippen molar-refractivity contribution in [2.75, 3.05) is 31.7 Å². The number of piperidine rings is 2. The van der Waals surface area contributed by atoms with Crippen molar-refractivity contribution in [3.8, 4) is 5.75 Å². The molecule has 6 aliphatic rings. The van der Waals surface area contributed by atoms with E-state index in [4.69, 9.17) is 9.47 Å². The average molecular weight is 364 g/mol. The Labute approximate surface area is 158 Å². The summed E-state index contributed by atoms with van der Waals surface area (Å²) in [6.45, 7) is 2.88. The van der Waals surface area contributed by atoms with Crippen LogP contribution in [-0.2, 0) is 14.9 Å². The lowest BCUT2D eigenvalue weighted by molar-refractivity contribution is -0.132. The first-order valence-corrected chi connectivity index (χ1v) is 10.3. The number of ether oxygens (including phenoxy) is 2. The second-order valence-electron chi connectivity index (χ2n) is 9.14. The predicted molar refractivity (Wildman–Crippen MR) is 100.0 cm³/mol. The Morgan fingerprint density at radius 1 is 1.33 bits per heavy atom. The number of benzene rings is 1. The van der Waals surface area contributed by atoms with Gasteiger partial charge in [-0.2, -0.15) is 0 Å². The van der Waals surface area contributed by atoms with E-state index in [9.17, 15) is 4.79 Å². The van der Waals surface area contributed by atoms with Crippen LogP contribution in [0, 0.1) is 11.8 Å². The number of carbonyl (C=O) groups excluding carboxylic acids is 1. The molecule has 7 rings (SSSR count). The van der Waals surface area contributed by atoms with Crippen LogP contribution >= 0.6 is 0 Å². The van der Waals surface area contributed by atoms with Crippen molar-refractivity contribution >= 4 is 11.6 Å². The number of fused-ring (bicyclic) bond motifs is 2. The third-order valence-electron chi connectivity index (χ3n) is 8.52. The summed E-state index contributed by atoms with van der Waals surface area (Å²) < 4.78 is 11.9. The molecule has 5 heteroatoms. The second-order valence-corrected chi connectivity index (χ2v) is 9.14. The Hall–Kier alpha value is -1.85. The molecule has 5 nitrogen and oxygen atoms in total. The zero-order valence-electron chi connectivity index (χ0n) is 15.6. The molecule has 1 aromatic carbocycles. The van der Waals surface area contributed by atoms with Crippen molar-refractivity contribution in [2.24, 2.45) is 11.8 Å². The minimum Gasteiger partial charge on any atom is -0.497 e. The summed E-state index contributed by atoms with van der Waals surface area (Å²) in [5.74, 6) is 2.14. The minimum atomic E-state index is 0.0403. The molecular weight excluding hydrogens is 340 g/mol. The SMILES string of the molecule is COc1ccc2c(c1)[C@@]13CCN4CC5=CCO[C@H]6CC(=O)N2[C@H]1C6[C@H]5C[C@H]43. The van der Waals surface area contributed by atoms with Crippen molar-refractivity contribution < 1.29 is 14.3 Å². The van der Waals surface area contributed by atoms with Crippen LogP contribution in [0.3, 0.4) is 0 Å². The molecule has 1 aromatic rings. The molecular formula is C22H24N2O3. The predicted octanol–water partition coefficient (Wildman–Crippen LogP) is 2.10. The number of nitrogens with zero attached hydrogens (tertiary/aromatic N) is 2. The third kappa shape index (κ3) is 1.56. The maximum atomic E-state index is 13.3. The van der Waals surface area contributed by atoms with Crippen LogP contribution in [0.5, 0.6) is 5.75 Å². The van der Waals surface area contributed by atoms with Crippen molar-refractivity contribution in [1.82, 2.24) is 4.90 Å². The van der Waals surface area contributed by atoms with Gasteiger partial charge in [0, 0.05) is 29.6 Å². The molecule has 4 fully saturated rings. The number of carbonyl (C=O) groups is 1. The van der Waals surface area contributed by atoms with Crippen molar-refractivity contribution in [2.45, 2.75) is 42.9 Å². The quantitative estimate of drug-likeness (QED) is 0.716. The van der Waals surface area contributed by atoms with E-state index in [1.54, 1.807) is 12.7 Å². The van der Waals surface area contributed by atoms with Crippen LogP contribution in [0.25, 0.3) is 0 Å². The van der Waals surface area contributed by atoms with Gasteiger partial charge in [0.1, 0.15) is 5.75 Å². The van der Waals surface area contributed by atoms with Crippen LogP contribution in [-0.4, -0.2) is 55.8 Å². The van der Waals surface area contributed by atoms with E-state index in [0.717, 1.165) is 30.9 Å². The van der Waals surface area contributed by atoms with Crippen LogP contribution in [0.2, 0.25) is 0 Å². The molecule has 1 aliphatic carbocycles. The van der Waals surface area contributed by atoms with E-state index in [1.807, 2.05) is 6.07 Å². The summed E-state index contributed by atoms with van der Waals surface area (Å²) in [7, 11) is 1.73. The molecule has 2 bridgehead atoms. The molecule has 5 aliphatic heterocycles. The van der Waals surface area contributed by atoms with Crippen molar-refractivity contribution in [3.63, 3.8) is 0 Å². The topological polar surface area (TPSA) is 42.0 Å². The molecule has 0 N–H and O–H groups in total. The highest BCUT2D eigenvalue weighted by Crippen LogP contribution is 2.65. The van der Waals surface area contributed by atoms with Gasteiger partial charge < -0.3 is 14.4 Å². The van der Waals surface area contributed by atoms with E-state index < -0.39 is 0 Å². The molecule has 6 atom stereocenters. The van der Waals surface area contributed by atoms with E-state index in [1.165, 1.54) is 12.0 Å². The monoisotopic (exact) mass is 364 g/mol. The first-order valence-electron chi connectivity index (χ1n) is 10.3. The number of methoxy groups -OCH3 is 1. The summed E-state index contributed by atoms with van der Waals surface area (Å²) in [5.41, 5.74) is 4.09. The van der Waals surface area contributed by atoms with Gasteiger partial charge in [-0.15, -0.1) is 0 Å². The van der Waals surface area contributed by atoms with Gasteiger partial charge in [-0.3, -0.25) is 9.69 Å². The second kappa shape index (κ2) is 4.76. The van der Waals surface area contributed by atoms with Gasteiger partial charge in [0.25, 0.3) is 0 Å². The Morgan fingerprint density at radius 2 is 2.26 bits per heavy atom. The largest absolute Gasteiger partial charge is 0.497 e. The summed E-state index contributed by atoms with van der Waals surface area (Å²) in [6, 6.07) is 7.13. The fraction of sp³-hybridized carbons (Fsp3) is 0.591. The van der Waals surface area contributed by atoms with Gasteiger partial charge in [0.2, 0.25) is 5.91 Å². The minimum absolute atomic E-state index is 0.0403. The highest BCUT2D eigenvalue weighted by atomic mass is 16.5. The van der Waals surface area contributed by atoms with Crippen LogP contribution in [0.15, 0.2) is 29.8 Å². The highest BCUT2D eigenvalue weighted by Gasteiger charge is 2.71. The maximum absolute atomic E-state index is 13.3. The Bertz CT molecular complexity index is 911. The van der Waals surface area contributed by atoms with Gasteiger partial charge in [-0.25, -0.2) is 0 Å². The Morgan fingerprint density at radius 3 is 3.15 bits per heavy atom. The highest BCUT2D eigenvalue weighted by molar-refractivity contribution is 5.99. The van der Waals surface area contributed by atoms with E-state index in [2.05, 4.69) is 28.0 Å². The number of hydrogen-bond donors (Lipinski definition) is 0. The van der Waals surface area contributed by atoms with Crippen LogP contribution < -0.4 is 9.64 Å². The normalized spacial score (nSPS) is 43.3. The van der Waals surface area contributed by atoms with Crippen molar-refractivity contribution in [3.05, 3.63) is 35.4 Å². The Balaban J connectivity index is 1.53. The van der Waals surface area contributed by atoms with Gasteiger partial charge in [-0.1, -0.05) is 11.6 Å². The summed E-state index contributed by atoms with van der Waals surface area (Å²) in [5, 5.41) is 0. The lowest BCUT2D eigenvalue weighted by Gasteiger charge is -2.58. The van der Waals surface area contributed by atoms with E-state index in [0.29, 0.717) is 30.9 Å². The van der Waals surface area contributed by atoms with Gasteiger partial charge >= 0.3 is 0 Å². The van der Waals surface area contributed by atoms with Gasteiger partial charge in [0.15, 0.2) is 0 Å². The Kier molecular flexibility index (Phi) is 2.66. The summed E-state index contributed by atoms with van der Waals surface area (Å²) in [4.78, 5) is 18.2. The molecule has 1 amide bonds. The van der Waals surface area contributed by atoms with Crippen molar-refractivity contribution in [1.29, 1.82) is 0 Å². The molecule has 1 spiro atoms. The number of amides is 1. The molecule has 0 radical (unpaired) electrons. The molecule has 1 unspecified atom stereocenters. The van der Waals surface area contributed by atoms with Crippen LogP contribution in [0.1, 0.15) is 24.8 Å². The smallest absolute Gasteiger partial charge is 0.229 e. The first-order chi connectivity index (χ1) is 13.2. The molecule has 0 aromatic heterocycles. The fourth-order valence-corrected chi connectivity index (χ4v) is 7.66. The zero-order chi connectivity index (χ0) is 17.9. The van der Waals surface area contributed by atoms with E-state index >= 15 is 0 Å². The molecule has 140 valence electrons. The fourth-order valence-electron chi connectivity index (χ4n) is 7.66.